The molecule has 0 fully saturated rings. The Kier molecular flexibility index (Phi) is 40.7. The number of para-hydroxylation sites is 2. The summed E-state index contributed by atoms with van der Waals surface area (Å²) in [6.07, 6.45) is 43.2. The maximum atomic E-state index is 7.53. The lowest BCUT2D eigenvalue weighted by atomic mass is 10.1. The van der Waals surface area contributed by atoms with Gasteiger partial charge in [0, 0.05) is 51.1 Å². The fourth-order valence-corrected chi connectivity index (χ4v) is 24.9. The Morgan fingerprint density at radius 2 is 0.549 bits per heavy atom. The zero-order valence-corrected chi connectivity index (χ0v) is 59.0. The zero-order chi connectivity index (χ0) is 58.7. The van der Waals surface area contributed by atoms with Gasteiger partial charge in [-0.1, -0.05) is 280 Å². The van der Waals surface area contributed by atoms with Gasteiger partial charge in [-0.05, 0) is 76.6 Å². The largest absolute Gasteiger partial charge is 0.515 e. The summed E-state index contributed by atoms with van der Waals surface area (Å²) in [7, 11) is -3.28. The highest BCUT2D eigenvalue weighted by Crippen LogP contribution is 2.49. The van der Waals surface area contributed by atoms with Crippen molar-refractivity contribution in [2.24, 2.45) is 0 Å². The van der Waals surface area contributed by atoms with Crippen molar-refractivity contribution in [2.75, 3.05) is 51.1 Å². The molecule has 2 aromatic carbocycles. The molecule has 0 bridgehead atoms. The first-order valence-electron chi connectivity index (χ1n) is 34.0. The predicted molar refractivity (Wildman–Crippen MR) is 366 cm³/mol. The van der Waals surface area contributed by atoms with Crippen LogP contribution in [0.2, 0.25) is 0 Å². The molecule has 4 aromatic rings. The molecule has 14 heteroatoms. The molecule has 2 heterocycles. The van der Waals surface area contributed by atoms with Crippen LogP contribution < -0.4 is 0 Å². The lowest BCUT2D eigenvalue weighted by Gasteiger charge is -2.43. The molecule has 0 aliphatic heterocycles. The molecular weight excluding hydrogens is 1130 g/mol. The Bertz CT molecular complexity index is 1840. The van der Waals surface area contributed by atoms with Gasteiger partial charge in [-0.15, -0.1) is 22.7 Å². The smallest absolute Gasteiger partial charge is 0.373 e. The Hall–Kier alpha value is -0.886. The van der Waals surface area contributed by atoms with E-state index in [1.54, 1.807) is 0 Å². The number of fused-ring (bicyclic) bond motifs is 2. The van der Waals surface area contributed by atoms with Crippen LogP contribution in [0.5, 0.6) is 0 Å². The third-order valence-electron chi connectivity index (χ3n) is 16.4. The van der Waals surface area contributed by atoms with E-state index in [9.17, 15) is 0 Å². The van der Waals surface area contributed by atoms with Crippen LogP contribution in [-0.4, -0.2) is 78.7 Å². The molecule has 0 spiro atoms. The van der Waals surface area contributed by atoms with Crippen LogP contribution >= 0.6 is 44.3 Å². The number of thiazole rings is 2. The number of benzene rings is 2. The van der Waals surface area contributed by atoms with Gasteiger partial charge in [0.15, 0.2) is 0 Å². The van der Waals surface area contributed by atoms with E-state index in [1.165, 1.54) is 163 Å². The van der Waals surface area contributed by atoms with Gasteiger partial charge < -0.3 is 26.6 Å². The Morgan fingerprint density at radius 3 is 0.780 bits per heavy atom. The summed E-state index contributed by atoms with van der Waals surface area (Å²) in [4.78, 5) is 11.1. The van der Waals surface area contributed by atoms with Gasteiger partial charge in [0.25, 0.3) is 0 Å². The summed E-state index contributed by atoms with van der Waals surface area (Å²) in [5, 5.41) is 0.843. The first-order valence-corrected chi connectivity index (χ1v) is 41.6. The van der Waals surface area contributed by atoms with E-state index >= 15 is 0 Å². The number of rotatable bonds is 57. The molecule has 82 heavy (non-hydrogen) atoms. The quantitative estimate of drug-likeness (QED) is 0.0242. The average molecular weight is 1250 g/mol. The summed E-state index contributed by atoms with van der Waals surface area (Å²) in [6, 6.07) is 17.3. The van der Waals surface area contributed by atoms with Gasteiger partial charge in [0.1, 0.15) is 10.0 Å². The van der Waals surface area contributed by atoms with Crippen LogP contribution in [0.15, 0.2) is 48.5 Å². The van der Waals surface area contributed by atoms with Crippen LogP contribution in [0.25, 0.3) is 20.4 Å². The summed E-state index contributed by atoms with van der Waals surface area (Å²) in [5.41, 5.74) is 2.06. The fraction of sp³-hybridized carbons (Fsp3) is 0.794. The van der Waals surface area contributed by atoms with Crippen LogP contribution in [-0.2, 0) is 36.6 Å². The third-order valence-corrected chi connectivity index (χ3v) is 29.7. The summed E-state index contributed by atoms with van der Waals surface area (Å²) in [6.45, 7) is 22.4. The maximum Gasteiger partial charge on any atom is 0.515 e. The van der Waals surface area contributed by atoms with Crippen LogP contribution in [0.4, 0.5) is 0 Å². The molecule has 0 saturated heterocycles. The molecule has 2 unspecified atom stereocenters. The molecule has 0 saturated carbocycles. The Morgan fingerprint density at radius 1 is 0.329 bits per heavy atom. The van der Waals surface area contributed by atoms with Gasteiger partial charge in [0.2, 0.25) is 0 Å². The second-order valence-corrected chi connectivity index (χ2v) is 34.7. The van der Waals surface area contributed by atoms with E-state index < -0.39 is 27.7 Å². The number of hydrogen-bond donors (Lipinski definition) is 0. The molecule has 0 amide bonds. The minimum absolute atomic E-state index is 0.634. The van der Waals surface area contributed by atoms with E-state index in [2.05, 4.69) is 104 Å². The second kappa shape index (κ2) is 45.4. The Balaban J connectivity index is 1.82. The topological polar surface area (TPSA) is 81.2 Å². The van der Waals surface area contributed by atoms with Crippen LogP contribution in [0.3, 0.4) is 0 Å². The van der Waals surface area contributed by atoms with E-state index in [4.69, 9.17) is 36.5 Å². The summed E-state index contributed by atoms with van der Waals surface area (Å²) >= 11 is 3.62. The number of unbranched alkanes of at least 4 members (excludes halogenated alkanes) is 30. The molecular formula is C68H120N2O6S4Si2. The molecule has 2 aromatic heterocycles. The molecule has 4 rings (SSSR count). The zero-order valence-electron chi connectivity index (χ0n) is 53.7. The summed E-state index contributed by atoms with van der Waals surface area (Å²) < 4.78 is 47.6. The molecule has 0 N–H and O–H groups in total. The number of nitrogens with zero attached hydrogens (tertiary/aromatic N) is 2. The lowest BCUT2D eigenvalue weighted by molar-refractivity contribution is 0.0348. The fourth-order valence-electron chi connectivity index (χ4n) is 10.8. The monoisotopic (exact) mass is 1240 g/mol. The van der Waals surface area contributed by atoms with Gasteiger partial charge >= 0.3 is 17.6 Å². The van der Waals surface area contributed by atoms with Gasteiger partial charge in [-0.3, -0.25) is 0 Å². The highest BCUT2D eigenvalue weighted by Gasteiger charge is 2.63. The number of hydrogen-bond acceptors (Lipinski definition) is 12. The van der Waals surface area contributed by atoms with Crippen molar-refractivity contribution < 1.29 is 26.6 Å². The number of aromatic nitrogens is 2. The van der Waals surface area contributed by atoms with Crippen molar-refractivity contribution in [3.8, 4) is 0 Å². The van der Waals surface area contributed by atoms with Crippen molar-refractivity contribution in [1.29, 1.82) is 0 Å². The van der Waals surface area contributed by atoms with Crippen LogP contribution in [0.1, 0.15) is 297 Å². The van der Waals surface area contributed by atoms with Gasteiger partial charge in [-0.25, -0.2) is 9.97 Å². The molecule has 0 aliphatic carbocycles. The van der Waals surface area contributed by atoms with Gasteiger partial charge in [0.05, 0.1) is 30.5 Å². The van der Waals surface area contributed by atoms with E-state index in [0.29, 0.717) is 51.1 Å². The van der Waals surface area contributed by atoms with E-state index in [-0.39, 0.29) is 0 Å². The average Bonchev–Trinajstić information content (AvgIpc) is 3.26. The highest BCUT2D eigenvalue weighted by molar-refractivity contribution is 8.76. The molecule has 8 nitrogen and oxygen atoms in total. The first-order chi connectivity index (χ1) is 40.2. The SMILES string of the molecule is CCCCCCCCO[Si](OCCCCCCCC)(OCCCCCCCC)C(C)(CSSCC(C)(c1nc2ccccc2s1)[Si](OCCCCCCCC)(OCCCCCCCC)OCCCCCCCC)c1nc2ccccc2s1. The third kappa shape index (κ3) is 26.1. The maximum absolute atomic E-state index is 7.53. The molecule has 0 aliphatic rings. The highest BCUT2D eigenvalue weighted by atomic mass is 33.1. The normalized spacial score (nSPS) is 13.9. The van der Waals surface area contributed by atoms with Crippen molar-refractivity contribution in [1.82, 2.24) is 9.97 Å². The van der Waals surface area contributed by atoms with Crippen molar-refractivity contribution in [2.45, 2.75) is 297 Å². The minimum Gasteiger partial charge on any atom is -0.373 e. The van der Waals surface area contributed by atoms with E-state index in [1.807, 2.05) is 44.3 Å². The second-order valence-electron chi connectivity index (χ2n) is 24.0. The molecule has 2 atom stereocenters. The standard InChI is InChI=1S/C68H120N2O6S4Si2/c1-9-15-21-27-33-43-53-71-81(72-54-44-34-28-22-16-10-2,73-55-45-35-29-23-17-11-3)67(7,65-69-61-49-39-41-51-63(61)79-65)59-77-78-60-68(8,66-70-62-50-40-42-52-64(62)80-66)82(74-56-46-36-30-24-18-12-4,75-57-47-37-31-25-19-13-5)76-58-48-38-32-26-20-14-6/h39-42,49-52H,9-38,43-48,53-60H2,1-8H3. The van der Waals surface area contributed by atoms with Crippen molar-refractivity contribution in [3.63, 3.8) is 0 Å². The predicted octanol–water partition coefficient (Wildman–Crippen LogP) is 22.7. The van der Waals surface area contributed by atoms with Crippen molar-refractivity contribution in [3.05, 3.63) is 58.5 Å². The Labute approximate surface area is 521 Å². The summed E-state index contributed by atoms with van der Waals surface area (Å²) in [5.74, 6) is 1.43. The van der Waals surface area contributed by atoms with Gasteiger partial charge in [-0.2, -0.15) is 0 Å². The molecule has 470 valence electrons. The lowest BCUT2D eigenvalue weighted by Crippen LogP contribution is -2.64. The van der Waals surface area contributed by atoms with Crippen LogP contribution in [0, 0.1) is 0 Å². The minimum atomic E-state index is -3.56. The van der Waals surface area contributed by atoms with E-state index in [0.717, 1.165) is 98.1 Å². The molecule has 0 radical (unpaired) electrons. The van der Waals surface area contributed by atoms with Crippen molar-refractivity contribution >= 4 is 82.3 Å². The first kappa shape index (κ1) is 73.6.